The van der Waals surface area contributed by atoms with Crippen LogP contribution in [0, 0.1) is 0 Å². The molecular formula is C54H36N2. The molecule has 0 saturated carbocycles. The fraction of sp³-hybridized carbons (Fsp3) is 0. The van der Waals surface area contributed by atoms with E-state index in [1.54, 1.807) is 0 Å². The summed E-state index contributed by atoms with van der Waals surface area (Å²) in [4.78, 5) is 0. The highest BCUT2D eigenvalue weighted by atomic mass is 15.0. The van der Waals surface area contributed by atoms with Crippen LogP contribution >= 0.6 is 0 Å². The molecule has 0 N–H and O–H groups in total. The molecule has 11 aromatic rings. The number of hydrogen-bond acceptors (Lipinski definition) is 0. The Morgan fingerprint density at radius 2 is 0.571 bits per heavy atom. The van der Waals surface area contributed by atoms with Crippen LogP contribution in [-0.2, 0) is 0 Å². The van der Waals surface area contributed by atoms with Gasteiger partial charge in [0.2, 0.25) is 0 Å². The van der Waals surface area contributed by atoms with Crippen LogP contribution in [0.4, 0.5) is 0 Å². The van der Waals surface area contributed by atoms with Gasteiger partial charge < -0.3 is 9.13 Å². The summed E-state index contributed by atoms with van der Waals surface area (Å²) in [7, 11) is 0. The molecule has 262 valence electrons. The highest BCUT2D eigenvalue weighted by Crippen LogP contribution is 2.44. The maximum absolute atomic E-state index is 2.52. The van der Waals surface area contributed by atoms with Gasteiger partial charge in [-0.1, -0.05) is 164 Å². The maximum atomic E-state index is 2.52. The Labute approximate surface area is 325 Å². The van der Waals surface area contributed by atoms with Crippen LogP contribution in [0.25, 0.3) is 99.5 Å². The molecule has 0 aliphatic rings. The Kier molecular flexibility index (Phi) is 7.53. The molecule has 0 unspecified atom stereocenters. The summed E-state index contributed by atoms with van der Waals surface area (Å²) in [6, 6.07) is 79.5. The molecule has 0 amide bonds. The van der Waals surface area contributed by atoms with Gasteiger partial charge in [-0.05, 0) is 99.1 Å². The topological polar surface area (TPSA) is 9.86 Å². The smallest absolute Gasteiger partial charge is 0.0788 e. The first-order chi connectivity index (χ1) is 27.8. The highest BCUT2D eigenvalue weighted by molar-refractivity contribution is 6.24. The van der Waals surface area contributed by atoms with E-state index in [1.807, 2.05) is 0 Å². The normalized spacial score (nSPS) is 11.6. The van der Waals surface area contributed by atoms with Gasteiger partial charge in [0.05, 0.1) is 22.1 Å². The summed E-state index contributed by atoms with van der Waals surface area (Å²) in [6.45, 7) is 0. The number of hydrogen-bond donors (Lipinski definition) is 0. The van der Waals surface area contributed by atoms with Crippen molar-refractivity contribution in [2.75, 3.05) is 0 Å². The van der Waals surface area contributed by atoms with Crippen LogP contribution in [0.1, 0.15) is 0 Å². The van der Waals surface area contributed by atoms with Crippen molar-refractivity contribution in [2.45, 2.75) is 0 Å². The van der Waals surface area contributed by atoms with E-state index in [0.29, 0.717) is 0 Å². The van der Waals surface area contributed by atoms with E-state index in [9.17, 15) is 0 Å². The van der Waals surface area contributed by atoms with Gasteiger partial charge >= 0.3 is 0 Å². The average molecular weight is 713 g/mol. The largest absolute Gasteiger partial charge is 0.307 e. The second kappa shape index (κ2) is 13.2. The molecule has 2 heteroatoms. The Hall–Kier alpha value is -7.42. The summed E-state index contributed by atoms with van der Waals surface area (Å²) in [6.07, 6.45) is 0. The number of fused-ring (bicyclic) bond motifs is 7. The van der Waals surface area contributed by atoms with Crippen molar-refractivity contribution in [3.63, 3.8) is 0 Å². The van der Waals surface area contributed by atoms with Gasteiger partial charge in [0.15, 0.2) is 0 Å². The van der Waals surface area contributed by atoms with Gasteiger partial charge in [-0.15, -0.1) is 0 Å². The molecule has 0 bridgehead atoms. The van der Waals surface area contributed by atoms with E-state index >= 15 is 0 Å². The Morgan fingerprint density at radius 3 is 0.982 bits per heavy atom. The molecule has 0 atom stereocenters. The van der Waals surface area contributed by atoms with Crippen molar-refractivity contribution in [3.8, 4) is 55.9 Å². The third-order valence-corrected chi connectivity index (χ3v) is 11.3. The third-order valence-electron chi connectivity index (χ3n) is 11.3. The minimum absolute atomic E-state index is 1.13. The molecule has 0 aliphatic heterocycles. The number of rotatable bonds is 6. The van der Waals surface area contributed by atoms with Gasteiger partial charge in [-0.25, -0.2) is 0 Å². The van der Waals surface area contributed by atoms with E-state index in [-0.39, 0.29) is 0 Å². The molecule has 11 rings (SSSR count). The lowest BCUT2D eigenvalue weighted by atomic mass is 9.98. The van der Waals surface area contributed by atoms with Crippen molar-refractivity contribution < 1.29 is 0 Å². The SMILES string of the molecule is c1ccc(-c2cc(-c3ccccc3)cc(-n3c4ccc(-c5ccccc5)cc4c4ccc5c6cc(-c7ccccc7)ccc6n(-c6ccccc6)c5c43)c2)cc1. The molecule has 0 fully saturated rings. The zero-order valence-electron chi connectivity index (χ0n) is 30.7. The molecule has 56 heavy (non-hydrogen) atoms. The molecule has 0 aliphatic carbocycles. The van der Waals surface area contributed by atoms with E-state index in [1.165, 1.54) is 88.1 Å². The minimum atomic E-state index is 1.13. The van der Waals surface area contributed by atoms with Gasteiger partial charge in [-0.3, -0.25) is 0 Å². The van der Waals surface area contributed by atoms with Crippen LogP contribution in [0.3, 0.4) is 0 Å². The first-order valence-corrected chi connectivity index (χ1v) is 19.3. The van der Waals surface area contributed by atoms with Crippen LogP contribution in [0.5, 0.6) is 0 Å². The first-order valence-electron chi connectivity index (χ1n) is 19.3. The summed E-state index contributed by atoms with van der Waals surface area (Å²) < 4.78 is 5.01. The van der Waals surface area contributed by atoms with E-state index in [0.717, 1.165) is 11.4 Å². The summed E-state index contributed by atoms with van der Waals surface area (Å²) in [5.74, 6) is 0. The van der Waals surface area contributed by atoms with Crippen LogP contribution in [0.15, 0.2) is 218 Å². The predicted molar refractivity (Wildman–Crippen MR) is 237 cm³/mol. The van der Waals surface area contributed by atoms with Gasteiger partial charge in [-0.2, -0.15) is 0 Å². The molecular weight excluding hydrogens is 677 g/mol. The van der Waals surface area contributed by atoms with Crippen molar-refractivity contribution in [1.29, 1.82) is 0 Å². The first kappa shape index (κ1) is 32.0. The molecule has 0 radical (unpaired) electrons. The summed E-state index contributed by atoms with van der Waals surface area (Å²) in [5, 5.41) is 4.91. The van der Waals surface area contributed by atoms with Gasteiger partial charge in [0.25, 0.3) is 0 Å². The molecule has 2 heterocycles. The summed E-state index contributed by atoms with van der Waals surface area (Å²) >= 11 is 0. The Morgan fingerprint density at radius 1 is 0.214 bits per heavy atom. The maximum Gasteiger partial charge on any atom is 0.0788 e. The van der Waals surface area contributed by atoms with E-state index < -0.39 is 0 Å². The Balaban J connectivity index is 1.31. The number of aromatic nitrogens is 2. The highest BCUT2D eigenvalue weighted by Gasteiger charge is 2.23. The van der Waals surface area contributed by atoms with Crippen LogP contribution < -0.4 is 0 Å². The molecule has 2 nitrogen and oxygen atoms in total. The second-order valence-electron chi connectivity index (χ2n) is 14.6. The minimum Gasteiger partial charge on any atom is -0.307 e. The fourth-order valence-electron chi connectivity index (χ4n) is 8.67. The third kappa shape index (κ3) is 5.26. The standard InChI is InChI=1S/C54H36N2/c1-6-16-37(17-7-1)41-26-30-51-49(35-41)47-28-29-48-50-36-42(38-18-8-2-9-19-38)27-31-52(50)56(54(48)53(47)55(51)45-24-14-5-15-25-45)46-33-43(39-20-10-3-11-21-39)32-44(34-46)40-22-12-4-13-23-40/h1-36H. The van der Waals surface area contributed by atoms with Gasteiger partial charge in [0.1, 0.15) is 0 Å². The molecule has 9 aromatic carbocycles. The van der Waals surface area contributed by atoms with Crippen molar-refractivity contribution in [3.05, 3.63) is 218 Å². The van der Waals surface area contributed by atoms with Crippen LogP contribution in [0.2, 0.25) is 0 Å². The predicted octanol–water partition coefficient (Wildman–Crippen LogP) is 14.5. The molecule has 2 aromatic heterocycles. The zero-order chi connectivity index (χ0) is 37.0. The lowest BCUT2D eigenvalue weighted by molar-refractivity contribution is 1.15. The molecule has 0 spiro atoms. The van der Waals surface area contributed by atoms with E-state index in [2.05, 4.69) is 228 Å². The fourth-order valence-corrected chi connectivity index (χ4v) is 8.67. The quantitative estimate of drug-likeness (QED) is 0.162. The number of nitrogens with zero attached hydrogens (tertiary/aromatic N) is 2. The number of benzene rings is 9. The van der Waals surface area contributed by atoms with Crippen LogP contribution in [-0.4, -0.2) is 9.13 Å². The van der Waals surface area contributed by atoms with Crippen molar-refractivity contribution in [1.82, 2.24) is 9.13 Å². The Bertz CT molecular complexity index is 3140. The van der Waals surface area contributed by atoms with Crippen molar-refractivity contribution >= 4 is 43.6 Å². The number of para-hydroxylation sites is 1. The van der Waals surface area contributed by atoms with Crippen molar-refractivity contribution in [2.24, 2.45) is 0 Å². The van der Waals surface area contributed by atoms with E-state index in [4.69, 9.17) is 0 Å². The molecule has 0 saturated heterocycles. The summed E-state index contributed by atoms with van der Waals surface area (Å²) in [5.41, 5.74) is 16.6. The monoisotopic (exact) mass is 712 g/mol. The lowest BCUT2D eigenvalue weighted by Gasteiger charge is -2.16. The second-order valence-corrected chi connectivity index (χ2v) is 14.6. The lowest BCUT2D eigenvalue weighted by Crippen LogP contribution is -1.99. The van der Waals surface area contributed by atoms with Gasteiger partial charge in [0, 0.05) is 32.9 Å². The average Bonchev–Trinajstić information content (AvgIpc) is 3.80. The zero-order valence-corrected chi connectivity index (χ0v) is 30.7.